The van der Waals surface area contributed by atoms with E-state index in [4.69, 9.17) is 0 Å². The highest BCUT2D eigenvalue weighted by atomic mass is 19.1. The molecule has 0 aliphatic carbocycles. The van der Waals surface area contributed by atoms with Gasteiger partial charge in [0.1, 0.15) is 11.4 Å². The first kappa shape index (κ1) is 17.2. The maximum Gasteiger partial charge on any atom is 0.331 e. The molecule has 26 heavy (non-hydrogen) atoms. The molecule has 132 valence electrons. The third kappa shape index (κ3) is 3.86. The van der Waals surface area contributed by atoms with Crippen molar-refractivity contribution in [2.24, 2.45) is 5.10 Å². The number of rotatable bonds is 5. The average molecular weight is 354 g/mol. The zero-order chi connectivity index (χ0) is 18.5. The number of H-pyrrole nitrogens is 1. The Labute approximate surface area is 147 Å². The van der Waals surface area contributed by atoms with Crippen LogP contribution in [0.15, 0.2) is 69.3 Å². The van der Waals surface area contributed by atoms with E-state index in [2.05, 4.69) is 15.5 Å². The highest BCUT2D eigenvalue weighted by Crippen LogP contribution is 2.12. The van der Waals surface area contributed by atoms with Gasteiger partial charge in [0.2, 0.25) is 5.88 Å². The van der Waals surface area contributed by atoms with Crippen LogP contribution in [-0.2, 0) is 6.54 Å². The van der Waals surface area contributed by atoms with Crippen LogP contribution >= 0.6 is 0 Å². The molecule has 0 unspecified atom stereocenters. The second-order valence-corrected chi connectivity index (χ2v) is 5.45. The quantitative estimate of drug-likeness (QED) is 0.481. The molecule has 1 heterocycles. The van der Waals surface area contributed by atoms with Crippen LogP contribution in [0.1, 0.15) is 11.1 Å². The molecule has 0 fully saturated rings. The zero-order valence-corrected chi connectivity index (χ0v) is 13.5. The lowest BCUT2D eigenvalue weighted by atomic mass is 10.2. The van der Waals surface area contributed by atoms with Gasteiger partial charge < -0.3 is 5.11 Å². The lowest BCUT2D eigenvalue weighted by Crippen LogP contribution is -2.32. The van der Waals surface area contributed by atoms with Gasteiger partial charge in [0.15, 0.2) is 0 Å². The van der Waals surface area contributed by atoms with Crippen molar-refractivity contribution in [3.05, 3.63) is 92.4 Å². The number of hydrogen-bond donors (Lipinski definition) is 3. The number of halogens is 1. The molecule has 0 aliphatic heterocycles. The van der Waals surface area contributed by atoms with Gasteiger partial charge in [0, 0.05) is 0 Å². The molecule has 7 nitrogen and oxygen atoms in total. The summed E-state index contributed by atoms with van der Waals surface area (Å²) >= 11 is 0. The minimum absolute atomic E-state index is 0.0331. The van der Waals surface area contributed by atoms with Crippen molar-refractivity contribution in [3.63, 3.8) is 0 Å². The Morgan fingerprint density at radius 2 is 1.81 bits per heavy atom. The SMILES string of the molecule is O=c1[nH]c(=O)n(Cc2ccc(F)cc2)c(O)c1/C=N/Nc1ccccc1. The first-order valence-electron chi connectivity index (χ1n) is 7.69. The van der Waals surface area contributed by atoms with Crippen molar-refractivity contribution < 1.29 is 9.50 Å². The number of para-hydroxylation sites is 1. The third-order valence-electron chi connectivity index (χ3n) is 3.62. The monoisotopic (exact) mass is 354 g/mol. The number of aromatic amines is 1. The number of hydrazone groups is 1. The highest BCUT2D eigenvalue weighted by Gasteiger charge is 2.13. The van der Waals surface area contributed by atoms with Crippen molar-refractivity contribution >= 4 is 11.9 Å². The summed E-state index contributed by atoms with van der Waals surface area (Å²) in [7, 11) is 0. The Morgan fingerprint density at radius 3 is 2.50 bits per heavy atom. The van der Waals surface area contributed by atoms with Crippen molar-refractivity contribution in [1.29, 1.82) is 0 Å². The third-order valence-corrected chi connectivity index (χ3v) is 3.62. The molecule has 2 aromatic carbocycles. The van der Waals surface area contributed by atoms with Crippen molar-refractivity contribution in [2.45, 2.75) is 6.54 Å². The summed E-state index contributed by atoms with van der Waals surface area (Å²) in [5, 5.41) is 14.2. The Morgan fingerprint density at radius 1 is 1.12 bits per heavy atom. The maximum atomic E-state index is 13.0. The van der Waals surface area contributed by atoms with Gasteiger partial charge >= 0.3 is 5.69 Å². The van der Waals surface area contributed by atoms with Gasteiger partial charge in [-0.1, -0.05) is 30.3 Å². The second-order valence-electron chi connectivity index (χ2n) is 5.45. The number of hydrogen-bond acceptors (Lipinski definition) is 5. The van der Waals surface area contributed by atoms with Gasteiger partial charge in [0.25, 0.3) is 5.56 Å². The van der Waals surface area contributed by atoms with Crippen LogP contribution in [0, 0.1) is 5.82 Å². The van der Waals surface area contributed by atoms with Crippen LogP contribution in [0.3, 0.4) is 0 Å². The zero-order valence-electron chi connectivity index (χ0n) is 13.5. The predicted molar refractivity (Wildman–Crippen MR) is 96.1 cm³/mol. The molecule has 0 radical (unpaired) electrons. The summed E-state index contributed by atoms with van der Waals surface area (Å²) in [6, 6.07) is 14.5. The second kappa shape index (κ2) is 7.47. The molecule has 0 amide bonds. The summed E-state index contributed by atoms with van der Waals surface area (Å²) in [5.74, 6) is -0.937. The number of aromatic nitrogens is 2. The van der Waals surface area contributed by atoms with Gasteiger partial charge in [-0.3, -0.25) is 19.8 Å². The van der Waals surface area contributed by atoms with E-state index in [-0.39, 0.29) is 12.1 Å². The van der Waals surface area contributed by atoms with Crippen LogP contribution < -0.4 is 16.7 Å². The average Bonchev–Trinajstić information content (AvgIpc) is 2.64. The number of nitrogens with one attached hydrogen (secondary N) is 2. The lowest BCUT2D eigenvalue weighted by molar-refractivity contribution is 0.408. The highest BCUT2D eigenvalue weighted by molar-refractivity contribution is 5.82. The molecule has 1 aromatic heterocycles. The normalized spacial score (nSPS) is 11.0. The smallest absolute Gasteiger partial charge is 0.331 e. The molecular weight excluding hydrogens is 339 g/mol. The number of aromatic hydroxyl groups is 1. The van der Waals surface area contributed by atoms with E-state index >= 15 is 0 Å². The molecule has 0 aliphatic rings. The molecule has 8 heteroatoms. The first-order valence-corrected chi connectivity index (χ1v) is 7.69. The molecular formula is C18H15FN4O3. The minimum atomic E-state index is -0.773. The lowest BCUT2D eigenvalue weighted by Gasteiger charge is -2.09. The summed E-state index contributed by atoms with van der Waals surface area (Å²) in [6.45, 7) is -0.0331. The fourth-order valence-electron chi connectivity index (χ4n) is 2.29. The molecule has 0 saturated carbocycles. The van der Waals surface area contributed by atoms with E-state index in [1.165, 1.54) is 24.3 Å². The fraction of sp³-hybridized carbons (Fsp3) is 0.0556. The van der Waals surface area contributed by atoms with E-state index in [0.29, 0.717) is 11.3 Å². The van der Waals surface area contributed by atoms with Crippen LogP contribution in [0.5, 0.6) is 5.88 Å². The summed E-state index contributed by atoms with van der Waals surface area (Å²) in [6.07, 6.45) is 1.13. The molecule has 0 atom stereocenters. The molecule has 0 saturated heterocycles. The summed E-state index contributed by atoms with van der Waals surface area (Å²) in [4.78, 5) is 26.1. The van der Waals surface area contributed by atoms with Crippen LogP contribution in [0.2, 0.25) is 0 Å². The van der Waals surface area contributed by atoms with Crippen LogP contribution in [0.25, 0.3) is 0 Å². The van der Waals surface area contributed by atoms with Gasteiger partial charge in [-0.05, 0) is 29.8 Å². The van der Waals surface area contributed by atoms with E-state index in [0.717, 1.165) is 10.8 Å². The largest absolute Gasteiger partial charge is 0.494 e. The number of benzene rings is 2. The Bertz CT molecular complexity index is 1040. The minimum Gasteiger partial charge on any atom is -0.494 e. The van der Waals surface area contributed by atoms with Gasteiger partial charge in [-0.15, -0.1) is 0 Å². The van der Waals surface area contributed by atoms with E-state index in [1.807, 2.05) is 18.2 Å². The van der Waals surface area contributed by atoms with Crippen LogP contribution in [-0.4, -0.2) is 20.9 Å². The standard InChI is InChI=1S/C18H15FN4O3/c19-13-8-6-12(7-9-13)11-23-17(25)15(16(24)21-18(23)26)10-20-22-14-4-2-1-3-5-14/h1-10,22,25H,11H2,(H,21,24,26)/b20-10+. The summed E-state index contributed by atoms with van der Waals surface area (Å²) in [5.41, 5.74) is 2.29. The van der Waals surface area contributed by atoms with Gasteiger partial charge in [-0.2, -0.15) is 5.10 Å². The molecule has 0 bridgehead atoms. The van der Waals surface area contributed by atoms with Crippen LogP contribution in [0.4, 0.5) is 10.1 Å². The van der Waals surface area contributed by atoms with Crippen molar-refractivity contribution in [1.82, 2.24) is 9.55 Å². The Hall–Kier alpha value is -3.68. The molecule has 3 rings (SSSR count). The molecule has 3 N–H and O–H groups in total. The van der Waals surface area contributed by atoms with Crippen molar-refractivity contribution in [3.8, 4) is 5.88 Å². The Kier molecular flexibility index (Phi) is 4.93. The van der Waals surface area contributed by atoms with E-state index in [1.54, 1.807) is 12.1 Å². The van der Waals surface area contributed by atoms with Gasteiger partial charge in [-0.25, -0.2) is 9.18 Å². The van der Waals surface area contributed by atoms with E-state index in [9.17, 15) is 19.1 Å². The van der Waals surface area contributed by atoms with E-state index < -0.39 is 22.9 Å². The van der Waals surface area contributed by atoms with Crippen molar-refractivity contribution in [2.75, 3.05) is 5.43 Å². The maximum absolute atomic E-state index is 13.0. The predicted octanol–water partition coefficient (Wildman–Crippen LogP) is 1.88. The molecule has 3 aromatic rings. The topological polar surface area (TPSA) is 99.5 Å². The first-order chi connectivity index (χ1) is 12.5. The molecule has 0 spiro atoms. The number of anilines is 1. The fourth-order valence-corrected chi connectivity index (χ4v) is 2.29. The number of nitrogens with zero attached hydrogens (tertiary/aromatic N) is 2. The Balaban J connectivity index is 1.90. The summed E-state index contributed by atoms with van der Waals surface area (Å²) < 4.78 is 14.0. The van der Waals surface area contributed by atoms with Gasteiger partial charge in [0.05, 0.1) is 18.4 Å².